The monoisotopic (exact) mass is 220 g/mol. The number of rotatable bonds is 3. The number of benzene rings is 1. The minimum absolute atomic E-state index is 0.0875. The van der Waals surface area contributed by atoms with Crippen molar-refractivity contribution in [3.63, 3.8) is 0 Å². The molecule has 1 aliphatic heterocycles. The lowest BCUT2D eigenvalue weighted by molar-refractivity contribution is 0.0560. The SMILES string of the molecule is OCC1(CC2COc3ccccc3O2)CC1. The van der Waals surface area contributed by atoms with Crippen LogP contribution in [-0.2, 0) is 0 Å². The summed E-state index contributed by atoms with van der Waals surface area (Å²) < 4.78 is 11.5. The van der Waals surface area contributed by atoms with Crippen molar-refractivity contribution < 1.29 is 14.6 Å². The van der Waals surface area contributed by atoms with Gasteiger partial charge in [-0.25, -0.2) is 0 Å². The van der Waals surface area contributed by atoms with Gasteiger partial charge in [0.05, 0.1) is 0 Å². The van der Waals surface area contributed by atoms with E-state index in [1.165, 1.54) is 0 Å². The first kappa shape index (κ1) is 9.97. The van der Waals surface area contributed by atoms with Gasteiger partial charge in [-0.1, -0.05) is 12.1 Å². The minimum Gasteiger partial charge on any atom is -0.486 e. The molecule has 2 aliphatic rings. The van der Waals surface area contributed by atoms with Gasteiger partial charge < -0.3 is 14.6 Å². The highest BCUT2D eigenvalue weighted by atomic mass is 16.6. The van der Waals surface area contributed by atoms with Crippen molar-refractivity contribution in [2.24, 2.45) is 5.41 Å². The summed E-state index contributed by atoms with van der Waals surface area (Å²) in [6.07, 6.45) is 3.22. The number of fused-ring (bicyclic) bond motifs is 1. The molecule has 0 spiro atoms. The van der Waals surface area contributed by atoms with Gasteiger partial charge in [-0.05, 0) is 36.8 Å². The van der Waals surface area contributed by atoms with E-state index in [0.717, 1.165) is 30.8 Å². The Kier molecular flexibility index (Phi) is 2.28. The number of hydrogen-bond donors (Lipinski definition) is 1. The van der Waals surface area contributed by atoms with Gasteiger partial charge in [0.2, 0.25) is 0 Å². The summed E-state index contributed by atoms with van der Waals surface area (Å²) in [5, 5.41) is 9.29. The van der Waals surface area contributed by atoms with E-state index < -0.39 is 0 Å². The van der Waals surface area contributed by atoms with Crippen molar-refractivity contribution in [3.05, 3.63) is 24.3 Å². The van der Waals surface area contributed by atoms with Crippen LogP contribution in [-0.4, -0.2) is 24.4 Å². The number of ether oxygens (including phenoxy) is 2. The highest BCUT2D eigenvalue weighted by Gasteiger charge is 2.44. The smallest absolute Gasteiger partial charge is 0.161 e. The largest absolute Gasteiger partial charge is 0.486 e. The van der Waals surface area contributed by atoms with Gasteiger partial charge >= 0.3 is 0 Å². The molecule has 1 unspecified atom stereocenters. The summed E-state index contributed by atoms with van der Waals surface area (Å²) in [5.74, 6) is 1.65. The Hall–Kier alpha value is -1.22. The Bertz CT molecular complexity index is 385. The summed E-state index contributed by atoms with van der Waals surface area (Å²) in [6.45, 7) is 0.868. The predicted molar refractivity (Wildman–Crippen MR) is 59.7 cm³/mol. The first-order chi connectivity index (χ1) is 7.81. The summed E-state index contributed by atoms with van der Waals surface area (Å²) in [6, 6.07) is 7.74. The fourth-order valence-electron chi connectivity index (χ4n) is 2.25. The zero-order chi connectivity index (χ0) is 11.0. The fourth-order valence-corrected chi connectivity index (χ4v) is 2.25. The second-order valence-corrected chi connectivity index (χ2v) is 4.86. The van der Waals surface area contributed by atoms with Crippen LogP contribution in [0.25, 0.3) is 0 Å². The molecule has 3 heteroatoms. The Balaban J connectivity index is 1.69. The molecule has 0 aromatic heterocycles. The van der Waals surface area contributed by atoms with E-state index in [0.29, 0.717) is 6.61 Å². The lowest BCUT2D eigenvalue weighted by atomic mass is 9.99. The standard InChI is InChI=1S/C13H16O3/c14-9-13(5-6-13)7-10-8-15-11-3-1-2-4-12(11)16-10/h1-4,10,14H,5-9H2. The molecule has 1 aromatic rings. The van der Waals surface area contributed by atoms with E-state index >= 15 is 0 Å². The van der Waals surface area contributed by atoms with Gasteiger partial charge in [-0.3, -0.25) is 0 Å². The molecule has 86 valence electrons. The Labute approximate surface area is 95.0 Å². The molecule has 0 bridgehead atoms. The third-order valence-corrected chi connectivity index (χ3v) is 3.52. The van der Waals surface area contributed by atoms with E-state index in [9.17, 15) is 5.11 Å². The molecule has 1 atom stereocenters. The maximum atomic E-state index is 9.29. The minimum atomic E-state index is 0.0875. The number of aliphatic hydroxyl groups is 1. The van der Waals surface area contributed by atoms with Gasteiger partial charge in [0.15, 0.2) is 11.5 Å². The molecular formula is C13H16O3. The Morgan fingerprint density at radius 2 is 2.00 bits per heavy atom. The zero-order valence-electron chi connectivity index (χ0n) is 9.19. The van der Waals surface area contributed by atoms with Crippen molar-refractivity contribution in [3.8, 4) is 11.5 Å². The molecule has 0 saturated heterocycles. The van der Waals surface area contributed by atoms with Crippen LogP contribution in [0.2, 0.25) is 0 Å². The molecule has 1 heterocycles. The van der Waals surface area contributed by atoms with Crippen LogP contribution in [0, 0.1) is 5.41 Å². The maximum Gasteiger partial charge on any atom is 0.161 e. The molecule has 1 aliphatic carbocycles. The Morgan fingerprint density at radius 1 is 1.25 bits per heavy atom. The average molecular weight is 220 g/mol. The third-order valence-electron chi connectivity index (χ3n) is 3.52. The molecule has 0 amide bonds. The summed E-state index contributed by atoms with van der Waals surface area (Å²) in [5.41, 5.74) is 0.125. The van der Waals surface area contributed by atoms with Crippen LogP contribution in [0.5, 0.6) is 11.5 Å². The van der Waals surface area contributed by atoms with E-state index in [4.69, 9.17) is 9.47 Å². The summed E-state index contributed by atoms with van der Waals surface area (Å²) >= 11 is 0. The third kappa shape index (κ3) is 1.76. The van der Waals surface area contributed by atoms with Gasteiger partial charge in [0, 0.05) is 6.61 Å². The maximum absolute atomic E-state index is 9.29. The van der Waals surface area contributed by atoms with Gasteiger partial charge in [0.25, 0.3) is 0 Å². The van der Waals surface area contributed by atoms with Gasteiger partial charge in [0.1, 0.15) is 12.7 Å². The predicted octanol–water partition coefficient (Wildman–Crippen LogP) is 1.99. The van der Waals surface area contributed by atoms with Crippen LogP contribution >= 0.6 is 0 Å². The molecule has 16 heavy (non-hydrogen) atoms. The van der Waals surface area contributed by atoms with Crippen molar-refractivity contribution in [2.45, 2.75) is 25.4 Å². The lowest BCUT2D eigenvalue weighted by Gasteiger charge is -2.28. The normalized spacial score (nSPS) is 25.2. The number of hydrogen-bond acceptors (Lipinski definition) is 3. The second kappa shape index (κ2) is 3.67. The first-order valence-electron chi connectivity index (χ1n) is 5.81. The van der Waals surface area contributed by atoms with Gasteiger partial charge in [-0.2, -0.15) is 0 Å². The molecule has 0 radical (unpaired) electrons. The van der Waals surface area contributed by atoms with Gasteiger partial charge in [-0.15, -0.1) is 0 Å². The van der Waals surface area contributed by atoms with E-state index in [-0.39, 0.29) is 18.1 Å². The highest BCUT2D eigenvalue weighted by molar-refractivity contribution is 5.40. The second-order valence-electron chi connectivity index (χ2n) is 4.86. The van der Waals surface area contributed by atoms with E-state index in [2.05, 4.69) is 0 Å². The quantitative estimate of drug-likeness (QED) is 0.846. The van der Waals surface area contributed by atoms with E-state index in [1.54, 1.807) is 0 Å². The van der Waals surface area contributed by atoms with Crippen molar-refractivity contribution >= 4 is 0 Å². The number of aliphatic hydroxyl groups excluding tert-OH is 1. The van der Waals surface area contributed by atoms with E-state index in [1.807, 2.05) is 24.3 Å². The van der Waals surface area contributed by atoms with Crippen molar-refractivity contribution in [1.82, 2.24) is 0 Å². The Morgan fingerprint density at radius 3 is 2.69 bits per heavy atom. The lowest BCUT2D eigenvalue weighted by Crippen LogP contribution is -2.32. The molecule has 1 saturated carbocycles. The van der Waals surface area contributed by atoms with Crippen molar-refractivity contribution in [2.75, 3.05) is 13.2 Å². The molecule has 1 N–H and O–H groups in total. The number of para-hydroxylation sites is 2. The molecule has 1 fully saturated rings. The van der Waals surface area contributed by atoms with Crippen LogP contribution in [0.15, 0.2) is 24.3 Å². The fraction of sp³-hybridized carbons (Fsp3) is 0.538. The first-order valence-corrected chi connectivity index (χ1v) is 5.81. The van der Waals surface area contributed by atoms with Crippen LogP contribution in [0.3, 0.4) is 0 Å². The average Bonchev–Trinajstić information content (AvgIpc) is 3.09. The van der Waals surface area contributed by atoms with Crippen LogP contribution in [0.4, 0.5) is 0 Å². The highest BCUT2D eigenvalue weighted by Crippen LogP contribution is 2.50. The van der Waals surface area contributed by atoms with Crippen LogP contribution in [0.1, 0.15) is 19.3 Å². The summed E-state index contributed by atoms with van der Waals surface area (Å²) in [4.78, 5) is 0. The molecule has 3 nitrogen and oxygen atoms in total. The zero-order valence-corrected chi connectivity index (χ0v) is 9.19. The summed E-state index contributed by atoms with van der Waals surface area (Å²) in [7, 11) is 0. The van der Waals surface area contributed by atoms with Crippen LogP contribution < -0.4 is 9.47 Å². The van der Waals surface area contributed by atoms with Crippen molar-refractivity contribution in [1.29, 1.82) is 0 Å². The topological polar surface area (TPSA) is 38.7 Å². The molecule has 3 rings (SSSR count). The molecule has 1 aromatic carbocycles. The molecular weight excluding hydrogens is 204 g/mol.